The molecule has 0 saturated carbocycles. The fourth-order valence-electron chi connectivity index (χ4n) is 6.12. The molecular formula is C30H36N2. The summed E-state index contributed by atoms with van der Waals surface area (Å²) in [5, 5.41) is 0. The van der Waals surface area contributed by atoms with Crippen LogP contribution in [0.5, 0.6) is 0 Å². The van der Waals surface area contributed by atoms with Crippen LogP contribution in [0.1, 0.15) is 41.9 Å². The third kappa shape index (κ3) is 4.98. The van der Waals surface area contributed by atoms with E-state index in [0.29, 0.717) is 23.7 Å². The summed E-state index contributed by atoms with van der Waals surface area (Å²) in [6, 6.07) is 33.4. The summed E-state index contributed by atoms with van der Waals surface area (Å²) in [4.78, 5) is 5.44. The van der Waals surface area contributed by atoms with E-state index in [-0.39, 0.29) is 0 Å². The van der Waals surface area contributed by atoms with E-state index in [1.165, 1.54) is 55.8 Å². The van der Waals surface area contributed by atoms with Gasteiger partial charge in [0.1, 0.15) is 0 Å². The highest BCUT2D eigenvalue weighted by Crippen LogP contribution is 2.37. The molecule has 4 unspecified atom stereocenters. The number of benzene rings is 3. The molecule has 0 aliphatic carbocycles. The molecule has 32 heavy (non-hydrogen) atoms. The van der Waals surface area contributed by atoms with Crippen molar-refractivity contribution in [3.05, 3.63) is 108 Å². The molecule has 0 N–H and O–H groups in total. The molecule has 2 nitrogen and oxygen atoms in total. The highest BCUT2D eigenvalue weighted by atomic mass is 15.2. The molecule has 0 radical (unpaired) electrons. The maximum absolute atomic E-state index is 2.76. The van der Waals surface area contributed by atoms with Crippen molar-refractivity contribution in [2.45, 2.75) is 31.7 Å². The molecule has 2 fully saturated rings. The Kier molecular flexibility index (Phi) is 6.71. The van der Waals surface area contributed by atoms with Gasteiger partial charge in [-0.25, -0.2) is 0 Å². The van der Waals surface area contributed by atoms with Gasteiger partial charge in [-0.15, -0.1) is 0 Å². The summed E-state index contributed by atoms with van der Waals surface area (Å²) in [7, 11) is 0. The van der Waals surface area contributed by atoms with Gasteiger partial charge in [-0.2, -0.15) is 0 Å². The Hall–Kier alpha value is -2.42. The minimum atomic E-state index is 0.627. The number of hydrogen-bond donors (Lipinski definition) is 0. The van der Waals surface area contributed by atoms with E-state index in [1.54, 1.807) is 0 Å². The van der Waals surface area contributed by atoms with Crippen LogP contribution in [-0.4, -0.2) is 42.5 Å². The van der Waals surface area contributed by atoms with E-state index < -0.39 is 0 Å². The van der Waals surface area contributed by atoms with Crippen molar-refractivity contribution in [2.75, 3.05) is 32.7 Å². The van der Waals surface area contributed by atoms with Crippen LogP contribution in [0.2, 0.25) is 0 Å². The summed E-state index contributed by atoms with van der Waals surface area (Å²) >= 11 is 0. The highest BCUT2D eigenvalue weighted by molar-refractivity contribution is 5.24. The molecule has 0 amide bonds. The zero-order valence-corrected chi connectivity index (χ0v) is 19.3. The maximum Gasteiger partial charge on any atom is 0.0234 e. The second-order valence-corrected chi connectivity index (χ2v) is 10.00. The van der Waals surface area contributed by atoms with Crippen LogP contribution in [0.4, 0.5) is 0 Å². The summed E-state index contributed by atoms with van der Waals surface area (Å²) in [5.41, 5.74) is 4.47. The minimum absolute atomic E-state index is 0.627. The third-order valence-electron chi connectivity index (χ3n) is 7.70. The number of likely N-dealkylation sites (tertiary alicyclic amines) is 2. The van der Waals surface area contributed by atoms with Crippen molar-refractivity contribution < 1.29 is 0 Å². The van der Waals surface area contributed by atoms with Gasteiger partial charge in [0.25, 0.3) is 0 Å². The van der Waals surface area contributed by atoms with Crippen LogP contribution >= 0.6 is 0 Å². The first kappa shape index (κ1) is 21.4. The molecule has 5 rings (SSSR count). The Morgan fingerprint density at radius 1 is 0.656 bits per heavy atom. The van der Waals surface area contributed by atoms with Gasteiger partial charge < -0.3 is 4.90 Å². The molecule has 0 spiro atoms. The average molecular weight is 425 g/mol. The molecule has 4 atom stereocenters. The molecule has 3 aromatic rings. The zero-order valence-electron chi connectivity index (χ0n) is 19.3. The molecule has 166 valence electrons. The van der Waals surface area contributed by atoms with Gasteiger partial charge in [0.2, 0.25) is 0 Å². The predicted octanol–water partition coefficient (Wildman–Crippen LogP) is 6.03. The number of rotatable bonds is 6. The summed E-state index contributed by atoms with van der Waals surface area (Å²) in [6.07, 6.45) is 1.28. The maximum atomic E-state index is 2.76. The van der Waals surface area contributed by atoms with Crippen molar-refractivity contribution in [1.29, 1.82) is 0 Å². The molecule has 0 bridgehead atoms. The van der Waals surface area contributed by atoms with Crippen molar-refractivity contribution in [1.82, 2.24) is 9.80 Å². The molecular weight excluding hydrogens is 388 g/mol. The first-order valence-corrected chi connectivity index (χ1v) is 12.3. The number of piperidine rings is 1. The van der Waals surface area contributed by atoms with Gasteiger partial charge in [0, 0.05) is 38.6 Å². The monoisotopic (exact) mass is 424 g/mol. The van der Waals surface area contributed by atoms with E-state index in [2.05, 4.69) is 108 Å². The topological polar surface area (TPSA) is 6.48 Å². The van der Waals surface area contributed by atoms with E-state index in [1.807, 2.05) is 0 Å². The molecule has 2 aliphatic rings. The van der Waals surface area contributed by atoms with Crippen LogP contribution in [0, 0.1) is 11.8 Å². The lowest BCUT2D eigenvalue weighted by atomic mass is 9.81. The van der Waals surface area contributed by atoms with Crippen LogP contribution in [0.25, 0.3) is 0 Å². The van der Waals surface area contributed by atoms with Crippen molar-refractivity contribution in [3.63, 3.8) is 0 Å². The Bertz CT molecular complexity index is 956. The zero-order chi connectivity index (χ0) is 21.8. The van der Waals surface area contributed by atoms with E-state index >= 15 is 0 Å². The third-order valence-corrected chi connectivity index (χ3v) is 7.70. The van der Waals surface area contributed by atoms with Gasteiger partial charge in [0.15, 0.2) is 0 Å². The van der Waals surface area contributed by atoms with Gasteiger partial charge in [-0.05, 0) is 47.4 Å². The van der Waals surface area contributed by atoms with Crippen LogP contribution in [0.3, 0.4) is 0 Å². The van der Waals surface area contributed by atoms with Gasteiger partial charge in [0.05, 0.1) is 0 Å². The lowest BCUT2D eigenvalue weighted by Crippen LogP contribution is -2.42. The average Bonchev–Trinajstić information content (AvgIpc) is 3.23. The molecule has 2 saturated heterocycles. The predicted molar refractivity (Wildman–Crippen MR) is 134 cm³/mol. The molecule has 3 aromatic carbocycles. The number of nitrogens with zero attached hydrogens (tertiary/aromatic N) is 2. The standard InChI is InChI=1S/C30H36N2/c1-24-19-31(18-17-29(24)26-13-7-3-8-14-26)21-28-22-32(20-25-11-5-2-6-12-25)23-30(28)27-15-9-4-10-16-27/h2-16,24,28-30H,17-23H2,1H3. The van der Waals surface area contributed by atoms with Crippen molar-refractivity contribution >= 4 is 0 Å². The van der Waals surface area contributed by atoms with Gasteiger partial charge in [-0.1, -0.05) is 97.9 Å². The lowest BCUT2D eigenvalue weighted by Gasteiger charge is -2.39. The SMILES string of the molecule is CC1CN(CC2CN(Cc3ccccc3)CC2c2ccccc2)CCC1c1ccccc1. The van der Waals surface area contributed by atoms with Crippen LogP contribution < -0.4 is 0 Å². The molecule has 2 heterocycles. The van der Waals surface area contributed by atoms with E-state index in [9.17, 15) is 0 Å². The molecule has 2 heteroatoms. The first-order valence-electron chi connectivity index (χ1n) is 12.3. The first-order chi connectivity index (χ1) is 15.8. The van der Waals surface area contributed by atoms with Crippen molar-refractivity contribution in [2.24, 2.45) is 11.8 Å². The Morgan fingerprint density at radius 3 is 1.88 bits per heavy atom. The fraction of sp³-hybridized carbons (Fsp3) is 0.400. The lowest BCUT2D eigenvalue weighted by molar-refractivity contribution is 0.138. The van der Waals surface area contributed by atoms with Gasteiger partial charge >= 0.3 is 0 Å². The highest BCUT2D eigenvalue weighted by Gasteiger charge is 2.36. The quantitative estimate of drug-likeness (QED) is 0.477. The summed E-state index contributed by atoms with van der Waals surface area (Å²) in [6.45, 7) is 9.54. The fourth-order valence-corrected chi connectivity index (χ4v) is 6.12. The van der Waals surface area contributed by atoms with Gasteiger partial charge in [-0.3, -0.25) is 4.90 Å². The molecule has 2 aliphatic heterocycles. The summed E-state index contributed by atoms with van der Waals surface area (Å²) in [5.74, 6) is 2.74. The smallest absolute Gasteiger partial charge is 0.0234 e. The van der Waals surface area contributed by atoms with E-state index in [4.69, 9.17) is 0 Å². The Balaban J connectivity index is 1.26. The number of hydrogen-bond acceptors (Lipinski definition) is 2. The second kappa shape index (κ2) is 10.0. The Morgan fingerprint density at radius 2 is 1.25 bits per heavy atom. The van der Waals surface area contributed by atoms with E-state index in [0.717, 1.165) is 6.54 Å². The minimum Gasteiger partial charge on any atom is -0.303 e. The second-order valence-electron chi connectivity index (χ2n) is 10.00. The van der Waals surface area contributed by atoms with Crippen LogP contribution in [-0.2, 0) is 6.54 Å². The normalized spacial score (nSPS) is 26.9. The largest absolute Gasteiger partial charge is 0.303 e. The Labute approximate surface area is 193 Å². The summed E-state index contributed by atoms with van der Waals surface area (Å²) < 4.78 is 0. The van der Waals surface area contributed by atoms with Crippen LogP contribution in [0.15, 0.2) is 91.0 Å². The molecule has 0 aromatic heterocycles. The van der Waals surface area contributed by atoms with Crippen molar-refractivity contribution in [3.8, 4) is 0 Å².